The molecular weight excluding hydrogens is 324 g/mol. The third-order valence-electron chi connectivity index (χ3n) is 2.61. The number of phenolic OH excluding ortho intramolecular Hbond substituents is 1. The summed E-state index contributed by atoms with van der Waals surface area (Å²) in [5.41, 5.74) is 0.485. The van der Waals surface area contributed by atoms with Gasteiger partial charge in [-0.05, 0) is 18.2 Å². The molecule has 0 bridgehead atoms. The van der Waals surface area contributed by atoms with Gasteiger partial charge in [-0.3, -0.25) is 4.79 Å². The molecule has 0 heterocycles. The summed E-state index contributed by atoms with van der Waals surface area (Å²) >= 11 is 3.20. The fraction of sp³-hybridized carbons (Fsp3) is 0.0667. The number of halogens is 1. The van der Waals surface area contributed by atoms with Gasteiger partial charge >= 0.3 is 5.97 Å². The van der Waals surface area contributed by atoms with Crippen molar-refractivity contribution in [1.82, 2.24) is 0 Å². The van der Waals surface area contributed by atoms with E-state index >= 15 is 0 Å². The van der Waals surface area contributed by atoms with Crippen molar-refractivity contribution in [2.45, 2.75) is 0 Å². The average Bonchev–Trinajstić information content (AvgIpc) is 2.47. The first-order chi connectivity index (χ1) is 9.58. The Morgan fingerprint density at radius 2 is 1.80 bits per heavy atom. The minimum Gasteiger partial charge on any atom is -0.507 e. The van der Waals surface area contributed by atoms with Crippen LogP contribution >= 0.6 is 15.9 Å². The Kier molecular flexibility index (Phi) is 4.53. The molecule has 102 valence electrons. The molecule has 5 heteroatoms. The Labute approximate surface area is 124 Å². The van der Waals surface area contributed by atoms with Crippen molar-refractivity contribution < 1.29 is 19.4 Å². The van der Waals surface area contributed by atoms with Crippen molar-refractivity contribution in [3.8, 4) is 5.75 Å². The molecule has 0 radical (unpaired) electrons. The zero-order valence-electron chi connectivity index (χ0n) is 10.4. The van der Waals surface area contributed by atoms with Crippen molar-refractivity contribution in [2.24, 2.45) is 0 Å². The lowest BCUT2D eigenvalue weighted by molar-refractivity contribution is 0.0471. The lowest BCUT2D eigenvalue weighted by atomic mass is 10.1. The number of phenols is 1. The molecule has 0 saturated carbocycles. The lowest BCUT2D eigenvalue weighted by Gasteiger charge is -2.06. The molecule has 0 spiro atoms. The summed E-state index contributed by atoms with van der Waals surface area (Å²) in [6, 6.07) is 13.0. The lowest BCUT2D eigenvalue weighted by Crippen LogP contribution is -2.14. The quantitative estimate of drug-likeness (QED) is 0.688. The Hall–Kier alpha value is -2.14. The summed E-state index contributed by atoms with van der Waals surface area (Å²) in [5, 5.41) is 9.58. The fourth-order valence-corrected chi connectivity index (χ4v) is 1.95. The van der Waals surface area contributed by atoms with Crippen molar-refractivity contribution >= 4 is 27.7 Å². The average molecular weight is 335 g/mol. The minimum atomic E-state index is -0.743. The molecule has 20 heavy (non-hydrogen) atoms. The maximum Gasteiger partial charge on any atom is 0.342 e. The van der Waals surface area contributed by atoms with Gasteiger partial charge in [0.15, 0.2) is 12.4 Å². The van der Waals surface area contributed by atoms with E-state index in [9.17, 15) is 14.7 Å². The van der Waals surface area contributed by atoms with E-state index in [0.29, 0.717) is 10.0 Å². The second-order valence-electron chi connectivity index (χ2n) is 4.03. The summed E-state index contributed by atoms with van der Waals surface area (Å²) < 4.78 is 5.55. The molecular formula is C15H11BrO4. The highest BCUT2D eigenvalue weighted by Gasteiger charge is 2.15. The third kappa shape index (κ3) is 3.45. The maximum absolute atomic E-state index is 11.8. The van der Waals surface area contributed by atoms with Crippen molar-refractivity contribution in [3.05, 3.63) is 64.1 Å². The molecule has 0 amide bonds. The molecule has 0 atom stereocenters. The van der Waals surface area contributed by atoms with Crippen LogP contribution in [0.4, 0.5) is 0 Å². The van der Waals surface area contributed by atoms with Gasteiger partial charge < -0.3 is 9.84 Å². The first-order valence-corrected chi connectivity index (χ1v) is 6.61. The van der Waals surface area contributed by atoms with Gasteiger partial charge in [-0.2, -0.15) is 0 Å². The Morgan fingerprint density at radius 1 is 1.10 bits per heavy atom. The maximum atomic E-state index is 11.8. The number of aromatic hydroxyl groups is 1. The second-order valence-corrected chi connectivity index (χ2v) is 4.94. The number of Topliss-reactive ketones (excluding diaryl/α,β-unsaturated/α-hetero) is 1. The molecule has 0 aromatic heterocycles. The van der Waals surface area contributed by atoms with Crippen LogP contribution in [0.3, 0.4) is 0 Å². The SMILES string of the molecule is O=C(COC(=O)c1cc(Br)ccc1O)c1ccccc1. The van der Waals surface area contributed by atoms with Crippen LogP contribution in [0.15, 0.2) is 53.0 Å². The predicted octanol–water partition coefficient (Wildman–Crippen LogP) is 3.19. The van der Waals surface area contributed by atoms with Gasteiger partial charge in [-0.1, -0.05) is 46.3 Å². The normalized spacial score (nSPS) is 10.1. The van der Waals surface area contributed by atoms with E-state index in [1.807, 2.05) is 0 Å². The monoisotopic (exact) mass is 334 g/mol. The van der Waals surface area contributed by atoms with Crippen LogP contribution in [0.2, 0.25) is 0 Å². The van der Waals surface area contributed by atoms with Gasteiger partial charge in [0, 0.05) is 10.0 Å². The number of carbonyl (C=O) groups is 2. The van der Waals surface area contributed by atoms with Crippen LogP contribution in [0.5, 0.6) is 5.75 Å². The van der Waals surface area contributed by atoms with Gasteiger partial charge in [0.25, 0.3) is 0 Å². The smallest absolute Gasteiger partial charge is 0.342 e. The number of hydrogen-bond acceptors (Lipinski definition) is 4. The standard InChI is InChI=1S/C15H11BrO4/c16-11-6-7-13(17)12(8-11)15(19)20-9-14(18)10-4-2-1-3-5-10/h1-8,17H,9H2. The molecule has 1 N–H and O–H groups in total. The molecule has 2 rings (SSSR count). The number of carbonyl (C=O) groups excluding carboxylic acids is 2. The summed E-state index contributed by atoms with van der Waals surface area (Å²) in [7, 11) is 0. The first kappa shape index (κ1) is 14.3. The van der Waals surface area contributed by atoms with Crippen LogP contribution in [0.1, 0.15) is 20.7 Å². The molecule has 0 aliphatic heterocycles. The zero-order chi connectivity index (χ0) is 14.5. The molecule has 4 nitrogen and oxygen atoms in total. The summed E-state index contributed by atoms with van der Waals surface area (Å²) in [4.78, 5) is 23.6. The highest BCUT2D eigenvalue weighted by atomic mass is 79.9. The molecule has 0 saturated heterocycles. The highest BCUT2D eigenvalue weighted by Crippen LogP contribution is 2.22. The number of ketones is 1. The summed E-state index contributed by atoms with van der Waals surface area (Å²) in [5.74, 6) is -1.23. The summed E-state index contributed by atoms with van der Waals surface area (Å²) in [6.45, 7) is -0.366. The van der Waals surface area contributed by atoms with E-state index in [-0.39, 0.29) is 23.7 Å². The van der Waals surface area contributed by atoms with Crippen molar-refractivity contribution in [2.75, 3.05) is 6.61 Å². The van der Waals surface area contributed by atoms with Gasteiger partial charge in [-0.25, -0.2) is 4.79 Å². The van der Waals surface area contributed by atoms with Gasteiger partial charge in [0.2, 0.25) is 0 Å². The van der Waals surface area contributed by atoms with Crippen LogP contribution in [0.25, 0.3) is 0 Å². The first-order valence-electron chi connectivity index (χ1n) is 5.82. The van der Waals surface area contributed by atoms with E-state index < -0.39 is 5.97 Å². The number of rotatable bonds is 4. The molecule has 2 aromatic carbocycles. The van der Waals surface area contributed by atoms with Crippen LogP contribution in [-0.2, 0) is 4.74 Å². The van der Waals surface area contributed by atoms with E-state index in [4.69, 9.17) is 4.74 Å². The van der Waals surface area contributed by atoms with Crippen molar-refractivity contribution in [3.63, 3.8) is 0 Å². The summed E-state index contributed by atoms with van der Waals surface area (Å²) in [6.07, 6.45) is 0. The molecule has 2 aromatic rings. The number of benzene rings is 2. The van der Waals surface area contributed by atoms with Crippen LogP contribution < -0.4 is 0 Å². The van der Waals surface area contributed by atoms with Crippen LogP contribution in [0, 0.1) is 0 Å². The molecule has 0 aliphatic carbocycles. The second kappa shape index (κ2) is 6.34. The highest BCUT2D eigenvalue weighted by molar-refractivity contribution is 9.10. The molecule has 0 fully saturated rings. The van der Waals surface area contributed by atoms with E-state index in [1.54, 1.807) is 36.4 Å². The van der Waals surface area contributed by atoms with E-state index in [0.717, 1.165) is 0 Å². The van der Waals surface area contributed by atoms with Crippen LogP contribution in [-0.4, -0.2) is 23.5 Å². The Balaban J connectivity index is 2.02. The Morgan fingerprint density at radius 3 is 2.50 bits per heavy atom. The third-order valence-corrected chi connectivity index (χ3v) is 3.10. The van der Waals surface area contributed by atoms with E-state index in [1.165, 1.54) is 12.1 Å². The molecule has 0 unspecified atom stereocenters. The predicted molar refractivity (Wildman–Crippen MR) is 76.9 cm³/mol. The largest absolute Gasteiger partial charge is 0.507 e. The Bertz CT molecular complexity index is 638. The number of esters is 1. The molecule has 0 aliphatic rings. The minimum absolute atomic E-state index is 0.0141. The topological polar surface area (TPSA) is 63.6 Å². The zero-order valence-corrected chi connectivity index (χ0v) is 12.0. The van der Waals surface area contributed by atoms with Gasteiger partial charge in [0.1, 0.15) is 11.3 Å². The number of hydrogen-bond donors (Lipinski definition) is 1. The number of ether oxygens (including phenoxy) is 1. The van der Waals surface area contributed by atoms with Gasteiger partial charge in [0.05, 0.1) is 0 Å². The van der Waals surface area contributed by atoms with Crippen molar-refractivity contribution in [1.29, 1.82) is 0 Å². The fourth-order valence-electron chi connectivity index (χ4n) is 1.59. The van der Waals surface area contributed by atoms with E-state index in [2.05, 4.69) is 15.9 Å². The van der Waals surface area contributed by atoms with Gasteiger partial charge in [-0.15, -0.1) is 0 Å².